The highest BCUT2D eigenvalue weighted by Gasteiger charge is 2.36. The van der Waals surface area contributed by atoms with Gasteiger partial charge in [0.2, 0.25) is 0 Å². The molecule has 0 bridgehead atoms. The quantitative estimate of drug-likeness (QED) is 0.513. The van der Waals surface area contributed by atoms with Gasteiger partial charge in [0, 0.05) is 0 Å². The summed E-state index contributed by atoms with van der Waals surface area (Å²) in [4.78, 5) is 10.6. The Morgan fingerprint density at radius 2 is 2.56 bits per heavy atom. The van der Waals surface area contributed by atoms with Crippen LogP contribution in [0.15, 0.2) is 12.3 Å². The van der Waals surface area contributed by atoms with E-state index in [1.54, 1.807) is 6.92 Å². The molecular formula is C6H8O3. The minimum absolute atomic E-state index is 0.363. The third-order valence-electron chi connectivity index (χ3n) is 1.41. The molecule has 3 heteroatoms. The van der Waals surface area contributed by atoms with Gasteiger partial charge < -0.3 is 9.84 Å². The van der Waals surface area contributed by atoms with Crippen molar-refractivity contribution in [1.82, 2.24) is 0 Å². The van der Waals surface area contributed by atoms with Gasteiger partial charge in [0.15, 0.2) is 5.60 Å². The lowest BCUT2D eigenvalue weighted by molar-refractivity contribution is -0.150. The van der Waals surface area contributed by atoms with Crippen LogP contribution >= 0.6 is 0 Å². The van der Waals surface area contributed by atoms with Crippen LogP contribution in [0, 0.1) is 0 Å². The molecular weight excluding hydrogens is 120 g/mol. The summed E-state index contributed by atoms with van der Waals surface area (Å²) in [5.74, 6) is -0.579. The number of cyclic esters (lactones) is 1. The first kappa shape index (κ1) is 6.29. The van der Waals surface area contributed by atoms with E-state index >= 15 is 0 Å². The number of carbonyl (C=O) groups is 1. The van der Waals surface area contributed by atoms with E-state index in [9.17, 15) is 9.90 Å². The molecule has 0 spiro atoms. The van der Waals surface area contributed by atoms with Gasteiger partial charge in [-0.05, 0) is 12.5 Å². The van der Waals surface area contributed by atoms with Gasteiger partial charge in [0.05, 0.1) is 6.26 Å². The second kappa shape index (κ2) is 1.84. The summed E-state index contributed by atoms with van der Waals surface area (Å²) in [6.07, 6.45) is 2.93. The van der Waals surface area contributed by atoms with Gasteiger partial charge >= 0.3 is 5.97 Å². The van der Waals surface area contributed by atoms with E-state index in [-0.39, 0.29) is 0 Å². The van der Waals surface area contributed by atoms with Gasteiger partial charge in [0.1, 0.15) is 0 Å². The Bertz CT molecular complexity index is 162. The van der Waals surface area contributed by atoms with Crippen LogP contribution in [-0.4, -0.2) is 16.7 Å². The largest absolute Gasteiger partial charge is 0.432 e. The van der Waals surface area contributed by atoms with Crippen LogP contribution in [0.4, 0.5) is 0 Å². The molecule has 1 aliphatic heterocycles. The van der Waals surface area contributed by atoms with Crippen LogP contribution in [0.25, 0.3) is 0 Å². The van der Waals surface area contributed by atoms with Crippen molar-refractivity contribution >= 4 is 5.97 Å². The first-order valence-electron chi connectivity index (χ1n) is 2.80. The Hall–Kier alpha value is -0.830. The van der Waals surface area contributed by atoms with Crippen LogP contribution < -0.4 is 0 Å². The lowest BCUT2D eigenvalue weighted by Gasteiger charge is -2.11. The monoisotopic (exact) mass is 128 g/mol. The normalized spacial score (nSPS) is 32.9. The molecule has 0 aromatic carbocycles. The molecule has 0 radical (unpaired) electrons. The summed E-state index contributed by atoms with van der Waals surface area (Å²) >= 11 is 0. The van der Waals surface area contributed by atoms with Crippen LogP contribution in [0.5, 0.6) is 0 Å². The van der Waals surface area contributed by atoms with Gasteiger partial charge in [-0.25, -0.2) is 4.79 Å². The Balaban J connectivity index is 2.78. The average Bonchev–Trinajstić information content (AvgIpc) is 2.15. The third-order valence-corrected chi connectivity index (χ3v) is 1.41. The molecule has 0 aromatic heterocycles. The highest BCUT2D eigenvalue weighted by molar-refractivity contribution is 5.84. The number of carbonyl (C=O) groups excluding carboxylic acids is 1. The summed E-state index contributed by atoms with van der Waals surface area (Å²) in [6, 6.07) is 0. The highest BCUT2D eigenvalue weighted by Crippen LogP contribution is 2.19. The van der Waals surface area contributed by atoms with Crippen molar-refractivity contribution < 1.29 is 14.6 Å². The van der Waals surface area contributed by atoms with E-state index in [0.717, 1.165) is 0 Å². The average molecular weight is 128 g/mol. The fraction of sp³-hybridized carbons (Fsp3) is 0.500. The standard InChI is InChI=1S/C6H8O3/c1-2-6(8)3-4-9-5(6)7/h3-4,8H,2H2,1H3. The predicted molar refractivity (Wildman–Crippen MR) is 30.5 cm³/mol. The van der Waals surface area contributed by atoms with E-state index in [1.807, 2.05) is 0 Å². The van der Waals surface area contributed by atoms with Crippen molar-refractivity contribution in [2.45, 2.75) is 18.9 Å². The van der Waals surface area contributed by atoms with Crippen molar-refractivity contribution in [3.8, 4) is 0 Å². The van der Waals surface area contributed by atoms with Crippen molar-refractivity contribution in [3.05, 3.63) is 12.3 Å². The molecule has 0 aliphatic carbocycles. The fourth-order valence-electron chi connectivity index (χ4n) is 0.641. The molecule has 50 valence electrons. The third kappa shape index (κ3) is 0.833. The molecule has 1 atom stereocenters. The van der Waals surface area contributed by atoms with E-state index < -0.39 is 11.6 Å². The summed E-state index contributed by atoms with van der Waals surface area (Å²) in [5.41, 5.74) is -1.35. The zero-order valence-electron chi connectivity index (χ0n) is 5.13. The molecule has 0 saturated heterocycles. The number of hydrogen-bond acceptors (Lipinski definition) is 3. The predicted octanol–water partition coefficient (Wildman–Crippen LogP) is 0.198. The van der Waals surface area contributed by atoms with Crippen molar-refractivity contribution in [1.29, 1.82) is 0 Å². The summed E-state index contributed by atoms with van der Waals surface area (Å²) < 4.78 is 4.39. The van der Waals surface area contributed by atoms with Crippen molar-refractivity contribution in [3.63, 3.8) is 0 Å². The second-order valence-corrected chi connectivity index (χ2v) is 1.99. The molecule has 3 nitrogen and oxygen atoms in total. The summed E-state index contributed by atoms with van der Waals surface area (Å²) in [5, 5.41) is 9.21. The first-order valence-corrected chi connectivity index (χ1v) is 2.80. The highest BCUT2D eigenvalue weighted by atomic mass is 16.6. The smallest absolute Gasteiger partial charge is 0.347 e. The van der Waals surface area contributed by atoms with Crippen LogP contribution in [0.1, 0.15) is 13.3 Å². The van der Waals surface area contributed by atoms with Gasteiger partial charge in [-0.2, -0.15) is 0 Å². The summed E-state index contributed by atoms with van der Waals surface area (Å²) in [7, 11) is 0. The number of hydrogen-bond donors (Lipinski definition) is 1. The lowest BCUT2D eigenvalue weighted by Crippen LogP contribution is -2.32. The van der Waals surface area contributed by atoms with Gasteiger partial charge in [-0.3, -0.25) is 0 Å². The molecule has 1 N–H and O–H groups in total. The van der Waals surface area contributed by atoms with E-state index in [4.69, 9.17) is 0 Å². The van der Waals surface area contributed by atoms with Gasteiger partial charge in [0.25, 0.3) is 0 Å². The maximum absolute atomic E-state index is 10.6. The van der Waals surface area contributed by atoms with Gasteiger partial charge in [-0.1, -0.05) is 6.92 Å². The lowest BCUT2D eigenvalue weighted by atomic mass is 10.0. The molecule has 1 heterocycles. The van der Waals surface area contributed by atoms with E-state index in [1.165, 1.54) is 12.3 Å². The van der Waals surface area contributed by atoms with Crippen molar-refractivity contribution in [2.24, 2.45) is 0 Å². The molecule has 0 fully saturated rings. The van der Waals surface area contributed by atoms with Crippen LogP contribution in [0.3, 0.4) is 0 Å². The minimum atomic E-state index is -1.35. The number of rotatable bonds is 1. The first-order chi connectivity index (χ1) is 4.19. The molecule has 0 amide bonds. The summed E-state index contributed by atoms with van der Waals surface area (Å²) in [6.45, 7) is 1.72. The van der Waals surface area contributed by atoms with Gasteiger partial charge in [-0.15, -0.1) is 0 Å². The number of aliphatic hydroxyl groups is 1. The van der Waals surface area contributed by atoms with E-state index in [2.05, 4.69) is 4.74 Å². The molecule has 1 unspecified atom stereocenters. The van der Waals surface area contributed by atoms with Crippen molar-refractivity contribution in [2.75, 3.05) is 0 Å². The molecule has 1 rings (SSSR count). The Labute approximate surface area is 52.9 Å². The maximum Gasteiger partial charge on any atom is 0.347 e. The zero-order valence-corrected chi connectivity index (χ0v) is 5.13. The van der Waals surface area contributed by atoms with Crippen LogP contribution in [-0.2, 0) is 9.53 Å². The second-order valence-electron chi connectivity index (χ2n) is 1.99. The zero-order chi connectivity index (χ0) is 6.91. The molecule has 1 aliphatic rings. The fourth-order valence-corrected chi connectivity index (χ4v) is 0.641. The van der Waals surface area contributed by atoms with E-state index in [0.29, 0.717) is 6.42 Å². The number of ether oxygens (including phenoxy) is 1. The molecule has 0 saturated carbocycles. The van der Waals surface area contributed by atoms with Crippen LogP contribution in [0.2, 0.25) is 0 Å². The Morgan fingerprint density at radius 3 is 2.78 bits per heavy atom. The SMILES string of the molecule is CCC1(O)C=COC1=O. The Kier molecular flexibility index (Phi) is 1.29. The minimum Gasteiger partial charge on any atom is -0.432 e. The molecule has 9 heavy (non-hydrogen) atoms. The molecule has 0 aromatic rings. The topological polar surface area (TPSA) is 46.5 Å². The number of esters is 1. The Morgan fingerprint density at radius 1 is 1.89 bits per heavy atom. The maximum atomic E-state index is 10.6.